The molecule has 0 amide bonds. The first-order valence-electron chi connectivity index (χ1n) is 9.08. The van der Waals surface area contributed by atoms with E-state index in [9.17, 15) is 8.78 Å². The molecule has 0 fully saturated rings. The van der Waals surface area contributed by atoms with Crippen molar-refractivity contribution in [3.63, 3.8) is 0 Å². The van der Waals surface area contributed by atoms with Crippen molar-refractivity contribution >= 4 is 11.0 Å². The molecule has 3 aromatic heterocycles. The Balaban J connectivity index is 1.93. The lowest BCUT2D eigenvalue weighted by Crippen LogP contribution is -2.29. The van der Waals surface area contributed by atoms with E-state index in [1.807, 2.05) is 13.8 Å². The van der Waals surface area contributed by atoms with Crippen LogP contribution in [-0.4, -0.2) is 34.7 Å². The Hall–Kier alpha value is -2.74. The van der Waals surface area contributed by atoms with E-state index in [0.717, 1.165) is 6.42 Å². The maximum absolute atomic E-state index is 13.6. The molecule has 0 saturated carbocycles. The van der Waals surface area contributed by atoms with Crippen LogP contribution in [0.5, 0.6) is 11.5 Å². The quantitative estimate of drug-likeness (QED) is 0.598. The first-order valence-corrected chi connectivity index (χ1v) is 9.08. The summed E-state index contributed by atoms with van der Waals surface area (Å²) in [5, 5.41) is 0.686. The first kappa shape index (κ1) is 20.0. The van der Waals surface area contributed by atoms with Crippen molar-refractivity contribution in [2.24, 2.45) is 11.7 Å². The molecule has 150 valence electrons. The van der Waals surface area contributed by atoms with Gasteiger partial charge in [-0.05, 0) is 30.5 Å². The van der Waals surface area contributed by atoms with E-state index in [4.69, 9.17) is 15.2 Å². The third-order valence-corrected chi connectivity index (χ3v) is 4.35. The van der Waals surface area contributed by atoms with E-state index < -0.39 is 12.1 Å². The number of nitrogens with two attached hydrogens (primary N) is 1. The van der Waals surface area contributed by atoms with Crippen LogP contribution in [0, 0.1) is 5.92 Å². The molecule has 1 atom stereocenters. The van der Waals surface area contributed by atoms with Crippen molar-refractivity contribution < 1.29 is 18.3 Å². The van der Waals surface area contributed by atoms with Crippen LogP contribution in [0.4, 0.5) is 8.78 Å². The highest BCUT2D eigenvalue weighted by Gasteiger charge is 2.21. The molecule has 0 radical (unpaired) electrons. The van der Waals surface area contributed by atoms with Gasteiger partial charge in [-0.1, -0.05) is 13.8 Å². The Bertz CT molecular complexity index is 943. The maximum Gasteiger partial charge on any atom is 0.284 e. The second-order valence-corrected chi connectivity index (χ2v) is 7.02. The van der Waals surface area contributed by atoms with Crippen LogP contribution in [0.3, 0.4) is 0 Å². The largest absolute Gasteiger partial charge is 0.496 e. The topological polar surface area (TPSA) is 86.0 Å². The van der Waals surface area contributed by atoms with Gasteiger partial charge in [-0.15, -0.1) is 0 Å². The molecule has 0 aromatic carbocycles. The SMILES string of the molecule is COc1ccnc2[nH]cc(-c3ccc(OC[C@@H](N)CC(C)C)c(C(F)F)n3)c12. The van der Waals surface area contributed by atoms with Crippen LogP contribution in [-0.2, 0) is 0 Å². The molecule has 3 rings (SSSR count). The monoisotopic (exact) mass is 390 g/mol. The lowest BCUT2D eigenvalue weighted by molar-refractivity contribution is 0.138. The van der Waals surface area contributed by atoms with E-state index in [-0.39, 0.29) is 18.4 Å². The lowest BCUT2D eigenvalue weighted by Gasteiger charge is -2.17. The molecule has 28 heavy (non-hydrogen) atoms. The number of rotatable bonds is 8. The number of ether oxygens (including phenoxy) is 2. The van der Waals surface area contributed by atoms with E-state index in [0.29, 0.717) is 34.0 Å². The van der Waals surface area contributed by atoms with E-state index in [1.165, 1.54) is 6.07 Å². The second-order valence-electron chi connectivity index (χ2n) is 7.02. The van der Waals surface area contributed by atoms with Gasteiger partial charge >= 0.3 is 0 Å². The Morgan fingerprint density at radius 3 is 2.64 bits per heavy atom. The number of H-pyrrole nitrogens is 1. The summed E-state index contributed by atoms with van der Waals surface area (Å²) >= 11 is 0. The summed E-state index contributed by atoms with van der Waals surface area (Å²) in [6.45, 7) is 4.25. The minimum atomic E-state index is -2.78. The molecular formula is C20H24F2N4O2. The zero-order valence-corrected chi connectivity index (χ0v) is 16.1. The molecule has 8 heteroatoms. The second kappa shape index (κ2) is 8.52. The molecule has 0 spiro atoms. The van der Waals surface area contributed by atoms with Crippen molar-refractivity contribution in [2.45, 2.75) is 32.7 Å². The number of pyridine rings is 2. The van der Waals surface area contributed by atoms with Gasteiger partial charge in [0.25, 0.3) is 6.43 Å². The Kier molecular flexibility index (Phi) is 6.08. The minimum Gasteiger partial charge on any atom is -0.496 e. The number of methoxy groups -OCH3 is 1. The molecule has 3 N–H and O–H groups in total. The van der Waals surface area contributed by atoms with Crippen LogP contribution in [0.2, 0.25) is 0 Å². The number of hydrogen-bond acceptors (Lipinski definition) is 5. The summed E-state index contributed by atoms with van der Waals surface area (Å²) in [5.74, 6) is 1.03. The van der Waals surface area contributed by atoms with Crippen molar-refractivity contribution in [3.8, 4) is 22.8 Å². The van der Waals surface area contributed by atoms with Crippen LogP contribution in [0.15, 0.2) is 30.6 Å². The Labute approximate surface area is 162 Å². The van der Waals surface area contributed by atoms with Gasteiger partial charge in [0.15, 0.2) is 0 Å². The number of alkyl halides is 2. The predicted octanol–water partition coefficient (Wildman–Crippen LogP) is 4.32. The molecule has 0 saturated heterocycles. The number of hydrogen-bond donors (Lipinski definition) is 2. The maximum atomic E-state index is 13.6. The molecule has 0 aliphatic heterocycles. The zero-order chi connectivity index (χ0) is 20.3. The van der Waals surface area contributed by atoms with Gasteiger partial charge in [0.2, 0.25) is 0 Å². The predicted molar refractivity (Wildman–Crippen MR) is 104 cm³/mol. The summed E-state index contributed by atoms with van der Waals surface area (Å²) in [6, 6.07) is 4.63. The lowest BCUT2D eigenvalue weighted by atomic mass is 10.1. The van der Waals surface area contributed by atoms with Gasteiger partial charge in [-0.3, -0.25) is 0 Å². The third-order valence-electron chi connectivity index (χ3n) is 4.35. The summed E-state index contributed by atoms with van der Waals surface area (Å²) < 4.78 is 38.2. The van der Waals surface area contributed by atoms with Crippen molar-refractivity contribution in [1.82, 2.24) is 15.0 Å². The van der Waals surface area contributed by atoms with Crippen LogP contribution >= 0.6 is 0 Å². The molecule has 6 nitrogen and oxygen atoms in total. The Morgan fingerprint density at radius 1 is 1.18 bits per heavy atom. The van der Waals surface area contributed by atoms with Gasteiger partial charge in [0, 0.05) is 24.0 Å². The van der Waals surface area contributed by atoms with Gasteiger partial charge < -0.3 is 20.2 Å². The average molecular weight is 390 g/mol. The molecule has 3 aromatic rings. The molecule has 0 aliphatic carbocycles. The fourth-order valence-corrected chi connectivity index (χ4v) is 3.16. The molecule has 0 bridgehead atoms. The van der Waals surface area contributed by atoms with Gasteiger partial charge in [0.1, 0.15) is 29.4 Å². The average Bonchev–Trinajstić information content (AvgIpc) is 3.10. The number of aromatic amines is 1. The normalized spacial score (nSPS) is 12.7. The minimum absolute atomic E-state index is 0.0443. The van der Waals surface area contributed by atoms with E-state index in [1.54, 1.807) is 31.6 Å². The molecule has 3 heterocycles. The van der Waals surface area contributed by atoms with E-state index in [2.05, 4.69) is 15.0 Å². The van der Waals surface area contributed by atoms with Gasteiger partial charge in [0.05, 0.1) is 18.2 Å². The molecule has 0 unspecified atom stereocenters. The van der Waals surface area contributed by atoms with Crippen LogP contribution in [0.1, 0.15) is 32.4 Å². The van der Waals surface area contributed by atoms with Crippen LogP contribution in [0.25, 0.3) is 22.3 Å². The van der Waals surface area contributed by atoms with Gasteiger partial charge in [-0.2, -0.15) is 0 Å². The fraction of sp³-hybridized carbons (Fsp3) is 0.400. The fourth-order valence-electron chi connectivity index (χ4n) is 3.16. The highest BCUT2D eigenvalue weighted by molar-refractivity contribution is 5.97. The number of aromatic nitrogens is 3. The molecular weight excluding hydrogens is 366 g/mol. The third kappa shape index (κ3) is 4.22. The number of nitrogens with one attached hydrogen (secondary N) is 1. The number of halogens is 2. The Morgan fingerprint density at radius 2 is 1.96 bits per heavy atom. The first-order chi connectivity index (χ1) is 13.4. The van der Waals surface area contributed by atoms with Crippen molar-refractivity contribution in [3.05, 3.63) is 36.3 Å². The smallest absolute Gasteiger partial charge is 0.284 e. The standard InChI is InChI=1S/C20H24F2N4O2/c1-11(2)8-12(23)10-28-16-5-4-14(26-18(16)19(21)22)13-9-25-20-17(13)15(27-3)6-7-24-20/h4-7,9,11-12,19H,8,10,23H2,1-3H3,(H,24,25)/t12-/m0/s1. The highest BCUT2D eigenvalue weighted by Crippen LogP contribution is 2.36. The van der Waals surface area contributed by atoms with Crippen molar-refractivity contribution in [2.75, 3.05) is 13.7 Å². The number of nitrogens with zero attached hydrogens (tertiary/aromatic N) is 2. The summed E-state index contributed by atoms with van der Waals surface area (Å²) in [5.41, 5.74) is 7.18. The van der Waals surface area contributed by atoms with Crippen LogP contribution < -0.4 is 15.2 Å². The van der Waals surface area contributed by atoms with Gasteiger partial charge in [-0.25, -0.2) is 18.7 Å². The summed E-state index contributed by atoms with van der Waals surface area (Å²) in [4.78, 5) is 11.4. The zero-order valence-electron chi connectivity index (χ0n) is 16.1. The summed E-state index contributed by atoms with van der Waals surface area (Å²) in [6.07, 6.45) is 1.26. The summed E-state index contributed by atoms with van der Waals surface area (Å²) in [7, 11) is 1.54. The van der Waals surface area contributed by atoms with E-state index >= 15 is 0 Å². The molecule has 0 aliphatic rings. The van der Waals surface area contributed by atoms with Crippen molar-refractivity contribution in [1.29, 1.82) is 0 Å². The number of fused-ring (bicyclic) bond motifs is 1. The highest BCUT2D eigenvalue weighted by atomic mass is 19.3.